The van der Waals surface area contributed by atoms with Crippen LogP contribution >= 0.6 is 0 Å². The van der Waals surface area contributed by atoms with Crippen LogP contribution in [0.1, 0.15) is 25.3 Å². The molecule has 2 heterocycles. The summed E-state index contributed by atoms with van der Waals surface area (Å²) in [4.78, 5) is 11.9. The number of hydrogen-bond donors (Lipinski definition) is 3. The van der Waals surface area contributed by atoms with Crippen LogP contribution in [-0.2, 0) is 4.79 Å². The Bertz CT molecular complexity index is 435. The summed E-state index contributed by atoms with van der Waals surface area (Å²) in [5.41, 5.74) is 5.95. The largest absolute Gasteiger partial charge is 0.327 e. The minimum atomic E-state index is -0.0107. The molecule has 2 aliphatic rings. The van der Waals surface area contributed by atoms with Crippen molar-refractivity contribution in [3.05, 3.63) is 12.3 Å². The predicted octanol–water partition coefficient (Wildman–Crippen LogP) is 0.0933. The SMILES string of the molecule is NC(CC(=O)Nc1ccnn1C1CNC1)C1CC1. The van der Waals surface area contributed by atoms with Gasteiger partial charge in [0.15, 0.2) is 0 Å². The minimum Gasteiger partial charge on any atom is -0.327 e. The van der Waals surface area contributed by atoms with Crippen LogP contribution in [0.15, 0.2) is 12.3 Å². The van der Waals surface area contributed by atoms with Crippen LogP contribution in [0, 0.1) is 5.92 Å². The van der Waals surface area contributed by atoms with E-state index in [1.54, 1.807) is 6.20 Å². The number of rotatable bonds is 5. The first-order chi connectivity index (χ1) is 8.74. The van der Waals surface area contributed by atoms with Gasteiger partial charge in [-0.25, -0.2) is 4.68 Å². The zero-order valence-corrected chi connectivity index (χ0v) is 10.3. The molecular weight excluding hydrogens is 230 g/mol. The Morgan fingerprint density at radius 3 is 3.00 bits per heavy atom. The van der Waals surface area contributed by atoms with E-state index >= 15 is 0 Å². The standard InChI is InChI=1S/C12H19N5O/c13-10(8-1-2-8)5-12(18)16-11-3-4-15-17(11)9-6-14-7-9/h3-4,8-10,14H,1-2,5-7,13H2,(H,16,18). The third-order valence-electron chi connectivity index (χ3n) is 3.69. The minimum absolute atomic E-state index is 0.00624. The van der Waals surface area contributed by atoms with E-state index in [2.05, 4.69) is 15.7 Å². The molecule has 98 valence electrons. The van der Waals surface area contributed by atoms with Crippen LogP contribution in [0.3, 0.4) is 0 Å². The Kier molecular flexibility index (Phi) is 3.05. The maximum absolute atomic E-state index is 11.9. The van der Waals surface area contributed by atoms with Crippen molar-refractivity contribution >= 4 is 11.7 Å². The van der Waals surface area contributed by atoms with Crippen molar-refractivity contribution < 1.29 is 4.79 Å². The summed E-state index contributed by atoms with van der Waals surface area (Å²) >= 11 is 0. The molecular formula is C12H19N5O. The summed E-state index contributed by atoms with van der Waals surface area (Å²) in [6.45, 7) is 1.82. The molecule has 1 unspecified atom stereocenters. The van der Waals surface area contributed by atoms with Crippen LogP contribution in [0.4, 0.5) is 5.82 Å². The molecule has 4 N–H and O–H groups in total. The number of nitrogens with one attached hydrogen (secondary N) is 2. The number of aromatic nitrogens is 2. The summed E-state index contributed by atoms with van der Waals surface area (Å²) in [5, 5.41) is 10.3. The molecule has 1 aliphatic carbocycles. The van der Waals surface area contributed by atoms with E-state index in [1.807, 2.05) is 10.7 Å². The maximum Gasteiger partial charge on any atom is 0.227 e. The zero-order chi connectivity index (χ0) is 12.5. The molecule has 18 heavy (non-hydrogen) atoms. The highest BCUT2D eigenvalue weighted by Crippen LogP contribution is 2.32. The van der Waals surface area contributed by atoms with Gasteiger partial charge in [-0.05, 0) is 18.8 Å². The fourth-order valence-corrected chi connectivity index (χ4v) is 2.25. The molecule has 0 bridgehead atoms. The fraction of sp³-hybridized carbons (Fsp3) is 0.667. The lowest BCUT2D eigenvalue weighted by molar-refractivity contribution is -0.116. The Hall–Kier alpha value is -1.40. The normalized spacial score (nSPS) is 21.4. The molecule has 1 aromatic heterocycles. The number of carbonyl (C=O) groups excluding carboxylic acids is 1. The zero-order valence-electron chi connectivity index (χ0n) is 10.3. The maximum atomic E-state index is 11.9. The lowest BCUT2D eigenvalue weighted by atomic mass is 10.1. The molecule has 3 rings (SSSR count). The van der Waals surface area contributed by atoms with Gasteiger partial charge in [0.1, 0.15) is 5.82 Å². The Morgan fingerprint density at radius 2 is 2.39 bits per heavy atom. The van der Waals surface area contributed by atoms with E-state index in [-0.39, 0.29) is 11.9 Å². The van der Waals surface area contributed by atoms with Crippen LogP contribution in [0.25, 0.3) is 0 Å². The molecule has 0 aromatic carbocycles. The van der Waals surface area contributed by atoms with E-state index in [1.165, 1.54) is 12.8 Å². The Morgan fingerprint density at radius 1 is 1.61 bits per heavy atom. The molecule has 1 amide bonds. The number of amides is 1. The number of nitrogens with zero attached hydrogens (tertiary/aromatic N) is 2. The van der Waals surface area contributed by atoms with Gasteiger partial charge in [0.25, 0.3) is 0 Å². The molecule has 6 heteroatoms. The van der Waals surface area contributed by atoms with Gasteiger partial charge in [-0.3, -0.25) is 4.79 Å². The van der Waals surface area contributed by atoms with Gasteiger partial charge in [-0.1, -0.05) is 0 Å². The molecule has 1 saturated heterocycles. The van der Waals surface area contributed by atoms with Crippen molar-refractivity contribution in [2.24, 2.45) is 11.7 Å². The highest BCUT2D eigenvalue weighted by molar-refractivity contribution is 5.90. The summed E-state index contributed by atoms with van der Waals surface area (Å²) in [5.74, 6) is 1.31. The average Bonchev–Trinajstić information content (AvgIpc) is 3.01. The lowest BCUT2D eigenvalue weighted by Gasteiger charge is -2.28. The number of carbonyl (C=O) groups is 1. The molecule has 0 spiro atoms. The molecule has 6 nitrogen and oxygen atoms in total. The van der Waals surface area contributed by atoms with Crippen LogP contribution < -0.4 is 16.4 Å². The summed E-state index contributed by atoms with van der Waals surface area (Å²) in [7, 11) is 0. The van der Waals surface area contributed by atoms with Gasteiger partial charge in [-0.15, -0.1) is 0 Å². The van der Waals surface area contributed by atoms with Crippen LogP contribution in [-0.4, -0.2) is 34.8 Å². The van der Waals surface area contributed by atoms with Gasteiger partial charge in [0.2, 0.25) is 5.91 Å². The van der Waals surface area contributed by atoms with Gasteiger partial charge in [0, 0.05) is 31.6 Å². The Labute approximate surface area is 106 Å². The number of nitrogens with two attached hydrogens (primary N) is 1. The van der Waals surface area contributed by atoms with Crippen LogP contribution in [0.2, 0.25) is 0 Å². The van der Waals surface area contributed by atoms with E-state index in [0.717, 1.165) is 18.9 Å². The smallest absolute Gasteiger partial charge is 0.227 e. The number of anilines is 1. The first-order valence-corrected chi connectivity index (χ1v) is 6.53. The Balaban J connectivity index is 1.57. The second kappa shape index (κ2) is 4.70. The summed E-state index contributed by atoms with van der Waals surface area (Å²) in [6.07, 6.45) is 4.45. The van der Waals surface area contributed by atoms with Crippen molar-refractivity contribution in [1.82, 2.24) is 15.1 Å². The molecule has 2 fully saturated rings. The first kappa shape index (κ1) is 11.7. The van der Waals surface area contributed by atoms with Crippen molar-refractivity contribution in [1.29, 1.82) is 0 Å². The van der Waals surface area contributed by atoms with Crippen molar-refractivity contribution in [2.75, 3.05) is 18.4 Å². The van der Waals surface area contributed by atoms with E-state index in [9.17, 15) is 4.79 Å². The van der Waals surface area contributed by atoms with Crippen molar-refractivity contribution in [2.45, 2.75) is 31.3 Å². The quantitative estimate of drug-likeness (QED) is 0.690. The predicted molar refractivity (Wildman–Crippen MR) is 68.1 cm³/mol. The monoisotopic (exact) mass is 249 g/mol. The molecule has 1 saturated carbocycles. The first-order valence-electron chi connectivity index (χ1n) is 6.53. The van der Waals surface area contributed by atoms with Crippen molar-refractivity contribution in [3.63, 3.8) is 0 Å². The van der Waals surface area contributed by atoms with Gasteiger partial charge >= 0.3 is 0 Å². The third-order valence-corrected chi connectivity index (χ3v) is 3.69. The topological polar surface area (TPSA) is 85.0 Å². The second-order valence-corrected chi connectivity index (χ2v) is 5.23. The highest BCUT2D eigenvalue weighted by atomic mass is 16.1. The molecule has 1 atom stereocenters. The summed E-state index contributed by atoms with van der Waals surface area (Å²) in [6, 6.07) is 2.19. The van der Waals surface area contributed by atoms with Gasteiger partial charge in [-0.2, -0.15) is 5.10 Å². The van der Waals surface area contributed by atoms with E-state index in [4.69, 9.17) is 5.73 Å². The number of hydrogen-bond acceptors (Lipinski definition) is 4. The van der Waals surface area contributed by atoms with E-state index < -0.39 is 0 Å². The second-order valence-electron chi connectivity index (χ2n) is 5.23. The highest BCUT2D eigenvalue weighted by Gasteiger charge is 2.30. The molecule has 1 aromatic rings. The molecule has 1 aliphatic heterocycles. The van der Waals surface area contributed by atoms with Crippen molar-refractivity contribution in [3.8, 4) is 0 Å². The van der Waals surface area contributed by atoms with Gasteiger partial charge in [0.05, 0.1) is 12.2 Å². The lowest BCUT2D eigenvalue weighted by Crippen LogP contribution is -2.44. The van der Waals surface area contributed by atoms with Gasteiger partial charge < -0.3 is 16.4 Å². The third kappa shape index (κ3) is 2.39. The van der Waals surface area contributed by atoms with E-state index in [0.29, 0.717) is 18.4 Å². The molecule has 0 radical (unpaired) electrons. The average molecular weight is 249 g/mol. The fourth-order valence-electron chi connectivity index (χ4n) is 2.25. The van der Waals surface area contributed by atoms with Crippen LogP contribution in [0.5, 0.6) is 0 Å². The summed E-state index contributed by atoms with van der Waals surface area (Å²) < 4.78 is 1.87.